The maximum Gasteiger partial charge on any atom is 0.428 e. The van der Waals surface area contributed by atoms with E-state index >= 15 is 0 Å². The van der Waals surface area contributed by atoms with E-state index in [1.165, 1.54) is 5.56 Å². The minimum Gasteiger partial charge on any atom is -0.443 e. The Labute approximate surface area is 102 Å². The number of ether oxygens (including phenoxy) is 1. The molecule has 1 amide bonds. The van der Waals surface area contributed by atoms with E-state index in [1.807, 2.05) is 31.2 Å². The van der Waals surface area contributed by atoms with Gasteiger partial charge in [0.05, 0.1) is 6.21 Å². The van der Waals surface area contributed by atoms with Gasteiger partial charge in [-0.25, -0.2) is 10.2 Å². The fourth-order valence-corrected chi connectivity index (χ4v) is 1.11. The highest BCUT2D eigenvalue weighted by Crippen LogP contribution is 2.06. The first-order chi connectivity index (χ1) is 7.87. The molecule has 1 aromatic rings. The number of hydrogen-bond donors (Lipinski definition) is 1. The second kappa shape index (κ2) is 5.48. The smallest absolute Gasteiger partial charge is 0.428 e. The molecule has 0 heterocycles. The van der Waals surface area contributed by atoms with Gasteiger partial charge >= 0.3 is 6.09 Å². The van der Waals surface area contributed by atoms with Crippen LogP contribution in [0.5, 0.6) is 0 Å². The van der Waals surface area contributed by atoms with Gasteiger partial charge in [0.2, 0.25) is 0 Å². The molecule has 0 saturated heterocycles. The summed E-state index contributed by atoms with van der Waals surface area (Å²) in [5, 5.41) is 3.81. The number of carbonyl (C=O) groups excluding carboxylic acids is 1. The SMILES string of the molecule is Cc1ccc(/C=N/NC(=O)OC(C)(C)C)cc1. The molecule has 1 N–H and O–H groups in total. The van der Waals surface area contributed by atoms with Gasteiger partial charge in [-0.05, 0) is 33.3 Å². The van der Waals surface area contributed by atoms with Gasteiger partial charge in [0.15, 0.2) is 0 Å². The van der Waals surface area contributed by atoms with Gasteiger partial charge in [-0.2, -0.15) is 5.10 Å². The first kappa shape index (κ1) is 13.2. The molecule has 0 radical (unpaired) electrons. The monoisotopic (exact) mass is 234 g/mol. The zero-order valence-electron chi connectivity index (χ0n) is 10.7. The summed E-state index contributed by atoms with van der Waals surface area (Å²) in [6.07, 6.45) is 1.02. The topological polar surface area (TPSA) is 50.7 Å². The second-order valence-electron chi connectivity index (χ2n) is 4.78. The van der Waals surface area contributed by atoms with Crippen LogP contribution in [0.1, 0.15) is 31.9 Å². The molecule has 0 aliphatic heterocycles. The Balaban J connectivity index is 2.45. The average Bonchev–Trinajstić information content (AvgIpc) is 2.18. The van der Waals surface area contributed by atoms with Crippen LogP contribution in [-0.4, -0.2) is 17.9 Å². The summed E-state index contributed by atoms with van der Waals surface area (Å²) in [6, 6.07) is 7.81. The number of rotatable bonds is 2. The van der Waals surface area contributed by atoms with Gasteiger partial charge in [0, 0.05) is 0 Å². The van der Waals surface area contributed by atoms with Crippen LogP contribution < -0.4 is 5.43 Å². The molecule has 1 rings (SSSR count). The summed E-state index contributed by atoms with van der Waals surface area (Å²) in [4.78, 5) is 11.3. The lowest BCUT2D eigenvalue weighted by atomic mass is 10.2. The number of carbonyl (C=O) groups is 1. The second-order valence-corrected chi connectivity index (χ2v) is 4.78. The summed E-state index contributed by atoms with van der Waals surface area (Å²) < 4.78 is 5.03. The predicted octanol–water partition coefficient (Wildman–Crippen LogP) is 2.85. The van der Waals surface area contributed by atoms with E-state index < -0.39 is 11.7 Å². The zero-order chi connectivity index (χ0) is 12.9. The van der Waals surface area contributed by atoms with Crippen molar-refractivity contribution in [1.29, 1.82) is 0 Å². The number of hydrogen-bond acceptors (Lipinski definition) is 3. The van der Waals surface area contributed by atoms with Crippen LogP contribution >= 0.6 is 0 Å². The molecule has 0 aliphatic rings. The number of nitrogens with zero attached hydrogens (tertiary/aromatic N) is 1. The Morgan fingerprint density at radius 3 is 2.41 bits per heavy atom. The zero-order valence-corrected chi connectivity index (χ0v) is 10.7. The van der Waals surface area contributed by atoms with Crippen molar-refractivity contribution < 1.29 is 9.53 Å². The van der Waals surface area contributed by atoms with E-state index in [4.69, 9.17) is 4.74 Å². The molecule has 92 valence electrons. The highest BCUT2D eigenvalue weighted by molar-refractivity contribution is 5.80. The summed E-state index contributed by atoms with van der Waals surface area (Å²) in [7, 11) is 0. The van der Waals surface area contributed by atoms with Gasteiger partial charge in [-0.15, -0.1) is 0 Å². The maximum atomic E-state index is 11.3. The molecule has 0 atom stereocenters. The van der Waals surface area contributed by atoms with Gasteiger partial charge in [-0.3, -0.25) is 0 Å². The minimum atomic E-state index is -0.555. The summed E-state index contributed by atoms with van der Waals surface area (Å²) in [6.45, 7) is 7.42. The van der Waals surface area contributed by atoms with Crippen molar-refractivity contribution in [1.82, 2.24) is 5.43 Å². The van der Waals surface area contributed by atoms with Crippen LogP contribution in [0.15, 0.2) is 29.4 Å². The largest absolute Gasteiger partial charge is 0.443 e. The maximum absolute atomic E-state index is 11.3. The average molecular weight is 234 g/mol. The molecule has 0 spiro atoms. The van der Waals surface area contributed by atoms with Crippen molar-refractivity contribution in [3.63, 3.8) is 0 Å². The van der Waals surface area contributed by atoms with E-state index in [-0.39, 0.29) is 0 Å². The van der Waals surface area contributed by atoms with E-state index in [2.05, 4.69) is 10.5 Å². The van der Waals surface area contributed by atoms with Crippen molar-refractivity contribution in [2.75, 3.05) is 0 Å². The summed E-state index contributed by atoms with van der Waals surface area (Å²) >= 11 is 0. The third-order valence-corrected chi connectivity index (χ3v) is 1.85. The van der Waals surface area contributed by atoms with E-state index in [9.17, 15) is 4.79 Å². The quantitative estimate of drug-likeness (QED) is 0.632. The van der Waals surface area contributed by atoms with Crippen LogP contribution in [0.25, 0.3) is 0 Å². The molecule has 4 heteroatoms. The van der Waals surface area contributed by atoms with Crippen LogP contribution in [-0.2, 0) is 4.74 Å². The fourth-order valence-electron chi connectivity index (χ4n) is 1.11. The Kier molecular flexibility index (Phi) is 4.26. The number of benzene rings is 1. The van der Waals surface area contributed by atoms with E-state index in [0.29, 0.717) is 0 Å². The van der Waals surface area contributed by atoms with E-state index in [0.717, 1.165) is 5.56 Å². The Morgan fingerprint density at radius 1 is 1.29 bits per heavy atom. The Hall–Kier alpha value is -1.84. The Morgan fingerprint density at radius 2 is 1.88 bits per heavy atom. The molecule has 0 aromatic heterocycles. The normalized spacial score (nSPS) is 11.5. The van der Waals surface area contributed by atoms with Crippen LogP contribution in [0.4, 0.5) is 4.79 Å². The van der Waals surface area contributed by atoms with Crippen molar-refractivity contribution in [2.45, 2.75) is 33.3 Å². The lowest BCUT2D eigenvalue weighted by molar-refractivity contribution is 0.0529. The molecule has 0 aliphatic carbocycles. The molecule has 4 nitrogen and oxygen atoms in total. The predicted molar refractivity (Wildman–Crippen MR) is 68.1 cm³/mol. The van der Waals surface area contributed by atoms with E-state index in [1.54, 1.807) is 27.0 Å². The number of hydrazone groups is 1. The molecule has 1 aromatic carbocycles. The minimum absolute atomic E-state index is 0.510. The number of amides is 1. The van der Waals surface area contributed by atoms with Gasteiger partial charge < -0.3 is 4.74 Å². The first-order valence-corrected chi connectivity index (χ1v) is 5.45. The lowest BCUT2D eigenvalue weighted by Crippen LogP contribution is -2.29. The number of aryl methyl sites for hydroxylation is 1. The molecular weight excluding hydrogens is 216 g/mol. The lowest BCUT2D eigenvalue weighted by Gasteiger charge is -2.18. The highest BCUT2D eigenvalue weighted by atomic mass is 16.6. The number of nitrogens with one attached hydrogen (secondary N) is 1. The molecular formula is C13H18N2O2. The van der Waals surface area contributed by atoms with Crippen molar-refractivity contribution in [3.8, 4) is 0 Å². The van der Waals surface area contributed by atoms with Crippen molar-refractivity contribution in [2.24, 2.45) is 5.10 Å². The third-order valence-electron chi connectivity index (χ3n) is 1.85. The van der Waals surface area contributed by atoms with Crippen molar-refractivity contribution in [3.05, 3.63) is 35.4 Å². The van der Waals surface area contributed by atoms with Crippen LogP contribution in [0.3, 0.4) is 0 Å². The van der Waals surface area contributed by atoms with Crippen LogP contribution in [0, 0.1) is 6.92 Å². The molecule has 17 heavy (non-hydrogen) atoms. The third kappa shape index (κ3) is 5.70. The summed E-state index contributed by atoms with van der Waals surface area (Å²) in [5.74, 6) is 0. The molecule has 0 bridgehead atoms. The fraction of sp³-hybridized carbons (Fsp3) is 0.385. The summed E-state index contributed by atoms with van der Waals surface area (Å²) in [5.41, 5.74) is 3.91. The van der Waals surface area contributed by atoms with Crippen molar-refractivity contribution >= 4 is 12.3 Å². The standard InChI is InChI=1S/C13H18N2O2/c1-10-5-7-11(8-6-10)9-14-15-12(16)17-13(2,3)4/h5-9H,1-4H3,(H,15,16)/b14-9+. The van der Waals surface area contributed by atoms with Gasteiger partial charge in [0.25, 0.3) is 0 Å². The van der Waals surface area contributed by atoms with Gasteiger partial charge in [-0.1, -0.05) is 29.8 Å². The van der Waals surface area contributed by atoms with Gasteiger partial charge in [0.1, 0.15) is 5.60 Å². The molecule has 0 unspecified atom stereocenters. The molecule has 0 fully saturated rings. The first-order valence-electron chi connectivity index (χ1n) is 5.45. The molecule has 0 saturated carbocycles. The highest BCUT2D eigenvalue weighted by Gasteiger charge is 2.15. The Bertz CT molecular complexity index is 402. The van der Waals surface area contributed by atoms with Crippen LogP contribution in [0.2, 0.25) is 0 Å².